The highest BCUT2D eigenvalue weighted by molar-refractivity contribution is 8.18. The number of benzene rings is 1. The highest BCUT2D eigenvalue weighted by atomic mass is 32.2. The summed E-state index contributed by atoms with van der Waals surface area (Å²) in [5.74, 6) is -0.358. The number of nitrogens with one attached hydrogen (secondary N) is 1. The number of aromatic nitrogens is 2. The third-order valence-corrected chi connectivity index (χ3v) is 5.38. The second-order valence-electron chi connectivity index (χ2n) is 5.32. The molecule has 3 aromatic rings. The minimum Gasteiger partial charge on any atom is -0.282 e. The summed E-state index contributed by atoms with van der Waals surface area (Å²) < 4.78 is 0. The summed E-state index contributed by atoms with van der Waals surface area (Å²) in [5, 5.41) is 6.99. The molecule has 24 heavy (non-hydrogen) atoms. The predicted molar refractivity (Wildman–Crippen MR) is 96.7 cm³/mol. The van der Waals surface area contributed by atoms with Gasteiger partial charge >= 0.3 is 0 Å². The van der Waals surface area contributed by atoms with Crippen LogP contribution in [-0.4, -0.2) is 21.1 Å². The van der Waals surface area contributed by atoms with E-state index < -0.39 is 0 Å². The Kier molecular flexibility index (Phi) is 3.66. The van der Waals surface area contributed by atoms with Crippen LogP contribution < -0.4 is 5.32 Å². The number of aryl methyl sites for hydroxylation is 1. The summed E-state index contributed by atoms with van der Waals surface area (Å²) in [6.07, 6.45) is 3.27. The Morgan fingerprint density at radius 2 is 2.04 bits per heavy atom. The summed E-state index contributed by atoms with van der Waals surface area (Å²) >= 11 is 2.54. The molecule has 0 radical (unpaired) electrons. The van der Waals surface area contributed by atoms with Gasteiger partial charge in [-0.15, -0.1) is 0 Å². The van der Waals surface area contributed by atoms with Gasteiger partial charge in [0.1, 0.15) is 6.33 Å². The van der Waals surface area contributed by atoms with E-state index in [1.54, 1.807) is 23.7 Å². The molecule has 4 rings (SSSR count). The van der Waals surface area contributed by atoms with Crippen LogP contribution >= 0.6 is 23.1 Å². The maximum absolute atomic E-state index is 11.7. The maximum atomic E-state index is 11.7. The number of hydrogen-bond acceptors (Lipinski definition) is 6. The number of rotatable bonds is 2. The van der Waals surface area contributed by atoms with Crippen molar-refractivity contribution < 1.29 is 9.59 Å². The Balaban J connectivity index is 1.86. The van der Waals surface area contributed by atoms with E-state index >= 15 is 0 Å². The molecular formula is C17H11N3O2S2. The molecule has 118 valence electrons. The Labute approximate surface area is 145 Å². The van der Waals surface area contributed by atoms with Crippen LogP contribution in [-0.2, 0) is 4.79 Å². The number of fused-ring (bicyclic) bond motifs is 1. The number of thiophene rings is 1. The fourth-order valence-corrected chi connectivity index (χ4v) is 4.07. The molecule has 0 atom stereocenters. The first-order chi connectivity index (χ1) is 11.6. The van der Waals surface area contributed by atoms with E-state index in [2.05, 4.69) is 33.0 Å². The van der Waals surface area contributed by atoms with Crippen molar-refractivity contribution in [1.82, 2.24) is 15.3 Å². The number of amides is 2. The second-order valence-corrected chi connectivity index (χ2v) is 7.08. The molecule has 1 N–H and O–H groups in total. The van der Waals surface area contributed by atoms with Crippen molar-refractivity contribution in [3.63, 3.8) is 0 Å². The quantitative estimate of drug-likeness (QED) is 0.705. The van der Waals surface area contributed by atoms with Gasteiger partial charge in [-0.1, -0.05) is 6.07 Å². The molecule has 2 aromatic heterocycles. The van der Waals surface area contributed by atoms with Gasteiger partial charge in [0.05, 0.1) is 16.1 Å². The van der Waals surface area contributed by atoms with Gasteiger partial charge in [0, 0.05) is 16.3 Å². The molecule has 2 amide bonds. The van der Waals surface area contributed by atoms with Gasteiger partial charge in [-0.05, 0) is 53.4 Å². The molecule has 0 aliphatic carbocycles. The molecule has 0 spiro atoms. The molecule has 1 fully saturated rings. The summed E-state index contributed by atoms with van der Waals surface area (Å²) in [6, 6.07) is 5.72. The fourth-order valence-electron chi connectivity index (χ4n) is 2.55. The zero-order valence-electron chi connectivity index (χ0n) is 12.6. The Morgan fingerprint density at radius 3 is 2.75 bits per heavy atom. The molecule has 1 saturated heterocycles. The topological polar surface area (TPSA) is 72.0 Å². The lowest BCUT2D eigenvalue weighted by atomic mass is 10.0. The number of hydrogen-bond donors (Lipinski definition) is 1. The molecule has 1 aliphatic heterocycles. The lowest BCUT2D eigenvalue weighted by molar-refractivity contribution is -0.115. The molecule has 7 heteroatoms. The van der Waals surface area contributed by atoms with Gasteiger partial charge in [-0.25, -0.2) is 9.97 Å². The van der Waals surface area contributed by atoms with Crippen molar-refractivity contribution >= 4 is 51.2 Å². The average molecular weight is 353 g/mol. The zero-order chi connectivity index (χ0) is 16.7. The smallest absolute Gasteiger partial charge is 0.282 e. The van der Waals surface area contributed by atoms with Crippen LogP contribution in [0.2, 0.25) is 0 Å². The lowest BCUT2D eigenvalue weighted by Crippen LogP contribution is -2.17. The fraction of sp³-hybridized carbons (Fsp3) is 0.0588. The molecule has 0 saturated carbocycles. The van der Waals surface area contributed by atoms with Crippen LogP contribution in [0.25, 0.3) is 28.2 Å². The van der Waals surface area contributed by atoms with Crippen LogP contribution in [0.4, 0.5) is 4.79 Å². The molecule has 0 bridgehead atoms. The zero-order valence-corrected chi connectivity index (χ0v) is 14.2. The van der Waals surface area contributed by atoms with Gasteiger partial charge < -0.3 is 0 Å². The number of carbonyl (C=O) groups excluding carboxylic acids is 2. The van der Waals surface area contributed by atoms with Crippen molar-refractivity contribution in [2.75, 3.05) is 0 Å². The summed E-state index contributed by atoms with van der Waals surface area (Å²) in [4.78, 5) is 32.1. The van der Waals surface area contributed by atoms with E-state index in [0.717, 1.165) is 39.5 Å². The number of carbonyl (C=O) groups is 2. The van der Waals surface area contributed by atoms with E-state index in [-0.39, 0.29) is 11.1 Å². The third-order valence-electron chi connectivity index (χ3n) is 3.71. The van der Waals surface area contributed by atoms with Crippen molar-refractivity contribution in [3.05, 3.63) is 51.3 Å². The van der Waals surface area contributed by atoms with Crippen LogP contribution in [0.1, 0.15) is 11.1 Å². The maximum Gasteiger partial charge on any atom is 0.290 e. The van der Waals surface area contributed by atoms with E-state index in [1.807, 2.05) is 18.2 Å². The predicted octanol–water partition coefficient (Wildman–Crippen LogP) is 3.99. The largest absolute Gasteiger partial charge is 0.290 e. The molecule has 0 unspecified atom stereocenters. The highest BCUT2D eigenvalue weighted by Crippen LogP contribution is 2.32. The molecule has 1 aliphatic rings. The standard InChI is InChI=1S/C17H11N3O2S2/c1-9-6-23-7-12(9)15-11-4-10(2-3-13(11)18-8-19-15)5-14-16(21)20-17(22)24-14/h2-8H,1H3,(H,20,21,22). The molecule has 3 heterocycles. The van der Waals surface area contributed by atoms with Crippen LogP contribution in [0.5, 0.6) is 0 Å². The van der Waals surface area contributed by atoms with Crippen molar-refractivity contribution in [1.29, 1.82) is 0 Å². The van der Waals surface area contributed by atoms with Crippen LogP contribution in [0.15, 0.2) is 40.2 Å². The minimum atomic E-state index is -0.358. The van der Waals surface area contributed by atoms with E-state index in [4.69, 9.17) is 0 Å². The Hall–Kier alpha value is -2.51. The van der Waals surface area contributed by atoms with Crippen LogP contribution in [0, 0.1) is 6.92 Å². The van der Waals surface area contributed by atoms with E-state index in [1.165, 1.54) is 5.56 Å². The summed E-state index contributed by atoms with van der Waals surface area (Å²) in [7, 11) is 0. The van der Waals surface area contributed by atoms with Gasteiger partial charge in [0.15, 0.2) is 0 Å². The SMILES string of the molecule is Cc1cscc1-c1ncnc2ccc(C=C3SC(=O)NC3=O)cc12. The first-order valence-electron chi connectivity index (χ1n) is 7.14. The third kappa shape index (κ3) is 2.61. The Bertz CT molecular complexity index is 1020. The summed E-state index contributed by atoms with van der Waals surface area (Å²) in [6.45, 7) is 2.05. The first-order valence-corrected chi connectivity index (χ1v) is 8.90. The lowest BCUT2D eigenvalue weighted by Gasteiger charge is -2.06. The van der Waals surface area contributed by atoms with Crippen LogP contribution in [0.3, 0.4) is 0 Å². The Morgan fingerprint density at radius 1 is 1.17 bits per heavy atom. The number of thioether (sulfide) groups is 1. The monoisotopic (exact) mass is 353 g/mol. The van der Waals surface area contributed by atoms with Crippen molar-refractivity contribution in [3.8, 4) is 11.3 Å². The van der Waals surface area contributed by atoms with E-state index in [0.29, 0.717) is 4.91 Å². The summed E-state index contributed by atoms with van der Waals surface area (Å²) in [5.41, 5.74) is 4.80. The molecule has 1 aromatic carbocycles. The molecule has 5 nitrogen and oxygen atoms in total. The van der Waals surface area contributed by atoms with E-state index in [9.17, 15) is 9.59 Å². The highest BCUT2D eigenvalue weighted by Gasteiger charge is 2.25. The normalized spacial score (nSPS) is 16.1. The van der Waals surface area contributed by atoms with Gasteiger partial charge in [0.25, 0.3) is 11.1 Å². The first kappa shape index (κ1) is 15.0. The molecular weight excluding hydrogens is 342 g/mol. The number of imide groups is 1. The minimum absolute atomic E-state index is 0.343. The van der Waals surface area contributed by atoms with Gasteiger partial charge in [-0.2, -0.15) is 11.3 Å². The van der Waals surface area contributed by atoms with Gasteiger partial charge in [-0.3, -0.25) is 14.9 Å². The number of nitrogens with zero attached hydrogens (tertiary/aromatic N) is 2. The van der Waals surface area contributed by atoms with Crippen molar-refractivity contribution in [2.45, 2.75) is 6.92 Å². The van der Waals surface area contributed by atoms with Gasteiger partial charge in [0.2, 0.25) is 0 Å². The second kappa shape index (κ2) is 5.85. The average Bonchev–Trinajstić information content (AvgIpc) is 3.12. The van der Waals surface area contributed by atoms with Crippen molar-refractivity contribution in [2.24, 2.45) is 0 Å².